The zero-order valence-electron chi connectivity index (χ0n) is 31.2. The molecule has 2 N–H and O–H groups in total. The summed E-state index contributed by atoms with van der Waals surface area (Å²) in [5.74, 6) is 1.67. The van der Waals surface area contributed by atoms with Gasteiger partial charge in [0.25, 0.3) is 0 Å². The van der Waals surface area contributed by atoms with Crippen molar-refractivity contribution in [1.82, 2.24) is 15.0 Å². The van der Waals surface area contributed by atoms with Gasteiger partial charge in [-0.3, -0.25) is 10.8 Å². The van der Waals surface area contributed by atoms with Crippen molar-refractivity contribution >= 4 is 55.9 Å². The van der Waals surface area contributed by atoms with Gasteiger partial charge in [0, 0.05) is 38.4 Å². The number of hydrogen-bond acceptors (Lipinski definition) is 7. The van der Waals surface area contributed by atoms with Crippen molar-refractivity contribution in [2.24, 2.45) is 5.10 Å². The van der Waals surface area contributed by atoms with Crippen LogP contribution in [-0.2, 0) is 5.41 Å². The molecule has 7 nitrogen and oxygen atoms in total. The molecule has 2 aliphatic rings. The molecule has 7 heteroatoms. The van der Waals surface area contributed by atoms with Crippen LogP contribution in [0.5, 0.6) is 0 Å². The molecule has 57 heavy (non-hydrogen) atoms. The maximum Gasteiger partial charge on any atom is 0.164 e. The normalized spacial score (nSPS) is 14.6. The van der Waals surface area contributed by atoms with Gasteiger partial charge in [-0.2, -0.15) is 5.10 Å². The van der Waals surface area contributed by atoms with Gasteiger partial charge in [0.15, 0.2) is 17.5 Å². The molecule has 0 unspecified atom stereocenters. The van der Waals surface area contributed by atoms with Crippen LogP contribution in [0.4, 0.5) is 5.69 Å². The van der Waals surface area contributed by atoms with Crippen molar-refractivity contribution in [3.05, 3.63) is 174 Å². The highest BCUT2D eigenvalue weighted by molar-refractivity contribution is 6.55. The van der Waals surface area contributed by atoms with Crippen LogP contribution in [0.3, 0.4) is 0 Å². The second kappa shape index (κ2) is 12.5. The van der Waals surface area contributed by atoms with E-state index in [1.54, 1.807) is 0 Å². The number of nitrogens with one attached hydrogen (secondary N) is 2. The fraction of sp³-hybridized carbons (Fsp3) is 0.0600. The number of furan rings is 1. The molecule has 0 spiro atoms. The smallest absolute Gasteiger partial charge is 0.164 e. The van der Waals surface area contributed by atoms with Crippen LogP contribution in [0.25, 0.3) is 84.1 Å². The number of allylic oxidation sites excluding steroid dienone is 1. The zero-order valence-corrected chi connectivity index (χ0v) is 31.2. The highest BCUT2D eigenvalue weighted by Gasteiger charge is 2.35. The van der Waals surface area contributed by atoms with Crippen LogP contribution >= 0.6 is 0 Å². The van der Waals surface area contributed by atoms with Crippen molar-refractivity contribution in [3.8, 4) is 45.3 Å². The van der Waals surface area contributed by atoms with Gasteiger partial charge in [-0.25, -0.2) is 15.0 Å². The van der Waals surface area contributed by atoms with Crippen LogP contribution in [0.2, 0.25) is 0 Å². The Morgan fingerprint density at radius 3 is 2.05 bits per heavy atom. The summed E-state index contributed by atoms with van der Waals surface area (Å²) in [6, 6.07) is 49.6. The number of anilines is 1. The highest BCUT2D eigenvalue weighted by Crippen LogP contribution is 2.49. The van der Waals surface area contributed by atoms with E-state index in [4.69, 9.17) is 19.4 Å². The number of nitrogens with zero attached hydrogens (tertiary/aromatic N) is 4. The lowest BCUT2D eigenvalue weighted by Gasteiger charge is -2.21. The lowest BCUT2D eigenvalue weighted by Crippen LogP contribution is -2.18. The molecule has 9 aromatic rings. The largest absolute Gasteiger partial charge is 0.456 e. The number of benzene rings is 7. The van der Waals surface area contributed by atoms with E-state index in [0.29, 0.717) is 28.9 Å². The van der Waals surface area contributed by atoms with Crippen molar-refractivity contribution in [2.75, 3.05) is 5.43 Å². The van der Waals surface area contributed by atoms with Gasteiger partial charge >= 0.3 is 0 Å². The van der Waals surface area contributed by atoms with Crippen LogP contribution in [-0.4, -0.2) is 26.4 Å². The second-order valence-electron chi connectivity index (χ2n) is 15.2. The van der Waals surface area contributed by atoms with E-state index >= 15 is 0 Å². The molecule has 2 heterocycles. The molecule has 0 fully saturated rings. The predicted molar refractivity (Wildman–Crippen MR) is 232 cm³/mol. The topological polar surface area (TPSA) is 100 Å². The van der Waals surface area contributed by atoms with Crippen LogP contribution in [0.1, 0.15) is 36.1 Å². The minimum atomic E-state index is -0.178. The fourth-order valence-corrected chi connectivity index (χ4v) is 8.48. The third-order valence-electron chi connectivity index (χ3n) is 11.4. The van der Waals surface area contributed by atoms with E-state index in [2.05, 4.69) is 115 Å². The summed E-state index contributed by atoms with van der Waals surface area (Å²) in [5.41, 5.74) is 15.7. The van der Waals surface area contributed by atoms with E-state index in [1.165, 1.54) is 22.3 Å². The number of aromatic nitrogens is 3. The van der Waals surface area contributed by atoms with Gasteiger partial charge in [-0.05, 0) is 87.1 Å². The molecule has 11 rings (SSSR count). The summed E-state index contributed by atoms with van der Waals surface area (Å²) in [7, 11) is 0. The average molecular weight is 735 g/mol. The summed E-state index contributed by atoms with van der Waals surface area (Å²) in [6.07, 6.45) is 3.90. The van der Waals surface area contributed by atoms with Gasteiger partial charge in [-0.15, -0.1) is 0 Å². The summed E-state index contributed by atoms with van der Waals surface area (Å²) in [5, 5.41) is 18.0. The fourth-order valence-electron chi connectivity index (χ4n) is 8.48. The summed E-state index contributed by atoms with van der Waals surface area (Å²) >= 11 is 0. The maximum atomic E-state index is 9.32. The number of hydrogen-bond donors (Lipinski definition) is 2. The Labute approximate surface area is 328 Å². The molecule has 0 saturated carbocycles. The highest BCUT2D eigenvalue weighted by atomic mass is 16.3. The number of para-hydroxylation sites is 2. The lowest BCUT2D eigenvalue weighted by molar-refractivity contribution is 0.660. The summed E-state index contributed by atoms with van der Waals surface area (Å²) in [6.45, 7) is 4.56. The Balaban J connectivity index is 1.07. The molecule has 0 saturated heterocycles. The molecule has 270 valence electrons. The molecule has 2 aliphatic carbocycles. The van der Waals surface area contributed by atoms with Gasteiger partial charge in [-0.1, -0.05) is 123 Å². The molecule has 7 aromatic carbocycles. The third-order valence-corrected chi connectivity index (χ3v) is 11.4. The minimum Gasteiger partial charge on any atom is -0.456 e. The molecule has 0 radical (unpaired) electrons. The zero-order chi connectivity index (χ0) is 38.3. The molecule has 0 amide bonds. The Hall–Kier alpha value is -7.51. The third kappa shape index (κ3) is 5.31. The molecule has 0 atom stereocenters. The van der Waals surface area contributed by atoms with Gasteiger partial charge < -0.3 is 4.42 Å². The average Bonchev–Trinajstić information content (AvgIpc) is 3.74. The van der Waals surface area contributed by atoms with E-state index in [0.717, 1.165) is 66.2 Å². The molecular weight excluding hydrogens is 701 g/mol. The van der Waals surface area contributed by atoms with E-state index in [1.807, 2.05) is 66.7 Å². The van der Waals surface area contributed by atoms with E-state index in [-0.39, 0.29) is 5.41 Å². The van der Waals surface area contributed by atoms with Crippen LogP contribution < -0.4 is 5.43 Å². The van der Waals surface area contributed by atoms with Crippen molar-refractivity contribution in [1.29, 1.82) is 5.41 Å². The van der Waals surface area contributed by atoms with Gasteiger partial charge in [0.2, 0.25) is 0 Å². The predicted octanol–water partition coefficient (Wildman–Crippen LogP) is 12.1. The lowest BCUT2D eigenvalue weighted by atomic mass is 9.82. The van der Waals surface area contributed by atoms with E-state index < -0.39 is 0 Å². The number of rotatable bonds is 5. The van der Waals surface area contributed by atoms with Gasteiger partial charge in [0.05, 0.1) is 11.4 Å². The number of fused-ring (bicyclic) bond motifs is 9. The Morgan fingerprint density at radius 1 is 0.561 bits per heavy atom. The quantitative estimate of drug-likeness (QED) is 0.171. The van der Waals surface area contributed by atoms with Crippen LogP contribution in [0.15, 0.2) is 161 Å². The van der Waals surface area contributed by atoms with Crippen molar-refractivity contribution in [3.63, 3.8) is 0 Å². The minimum absolute atomic E-state index is 0.178. The first-order valence-corrected chi connectivity index (χ1v) is 19.0. The van der Waals surface area contributed by atoms with Gasteiger partial charge in [0.1, 0.15) is 16.9 Å². The number of hydrazone groups is 1. The van der Waals surface area contributed by atoms with Crippen molar-refractivity contribution < 1.29 is 4.42 Å². The first kappa shape index (κ1) is 32.9. The Kier molecular flexibility index (Phi) is 7.22. The summed E-state index contributed by atoms with van der Waals surface area (Å²) < 4.78 is 6.30. The Bertz CT molecular complexity index is 3210. The molecule has 2 aromatic heterocycles. The monoisotopic (exact) mass is 734 g/mol. The molecular formula is C50H34N6O. The second-order valence-corrected chi connectivity index (χ2v) is 15.2. The summed E-state index contributed by atoms with van der Waals surface area (Å²) in [4.78, 5) is 15.5. The SMILES string of the molecule is CC1(C)c2ccccc2-c2ccc(-c3nc(-c4ccc5c(c4)oc4ccccc45)nc(-c4ccc5ccc6c(c5c4)C(=N)/C(=N\Nc4ccccc4)C=C6)n3)cc21. The standard InChI is InChI=1S/C50H34N6O/c1-50(2)40-14-8-6-12-35(40)36-23-20-32(27-41(36)50)48-52-47(53-49(54-48)33-21-24-38-37-13-7-9-15-43(37)57-44(38)28-33)31-19-17-29-16-18-30-22-25-42(46(51)45(30)39(29)26-31)56-55-34-10-4-3-5-11-34/h3-28,51,55H,1-2H3/b51-46?,56-42-. The first-order valence-electron chi connectivity index (χ1n) is 19.0. The maximum absolute atomic E-state index is 9.32. The first-order chi connectivity index (χ1) is 27.9. The van der Waals surface area contributed by atoms with Crippen LogP contribution in [0, 0.1) is 5.41 Å². The van der Waals surface area contributed by atoms with Crippen molar-refractivity contribution in [2.45, 2.75) is 19.3 Å². The molecule has 0 bridgehead atoms. The molecule has 0 aliphatic heterocycles. The Morgan fingerprint density at radius 2 is 1.21 bits per heavy atom. The van der Waals surface area contributed by atoms with E-state index in [9.17, 15) is 5.41 Å².